The summed E-state index contributed by atoms with van der Waals surface area (Å²) in [6, 6.07) is 4.79. The van der Waals surface area contributed by atoms with E-state index in [1.807, 2.05) is 0 Å². The molecule has 2 rings (SSSR count). The standard InChI is InChI=1S/C17H24ClFN2O/c1-2-14-6-3-4-10-21(14)11-5-9-20-17(22)15-8-7-13(18)12-16(15)19/h7-8,12,14H,2-6,9-11H2,1H3,(H,20,22)/t14-/m1/s1. The van der Waals surface area contributed by atoms with Crippen molar-refractivity contribution in [2.75, 3.05) is 19.6 Å². The molecule has 0 bridgehead atoms. The van der Waals surface area contributed by atoms with E-state index < -0.39 is 5.82 Å². The van der Waals surface area contributed by atoms with Crippen molar-refractivity contribution in [3.63, 3.8) is 0 Å². The second-order valence-electron chi connectivity index (χ2n) is 5.83. The smallest absolute Gasteiger partial charge is 0.254 e. The Balaban J connectivity index is 1.75. The van der Waals surface area contributed by atoms with Crippen molar-refractivity contribution in [2.45, 2.75) is 45.1 Å². The van der Waals surface area contributed by atoms with Crippen LogP contribution in [0, 0.1) is 5.82 Å². The van der Waals surface area contributed by atoms with Crippen LogP contribution in [0.2, 0.25) is 5.02 Å². The Morgan fingerprint density at radius 3 is 3.00 bits per heavy atom. The average Bonchev–Trinajstić information content (AvgIpc) is 2.51. The molecule has 0 saturated carbocycles. The lowest BCUT2D eigenvalue weighted by molar-refractivity contribution is 0.0943. The van der Waals surface area contributed by atoms with Crippen LogP contribution in [0.15, 0.2) is 18.2 Å². The summed E-state index contributed by atoms with van der Waals surface area (Å²) in [6.07, 6.45) is 5.93. The Kier molecular flexibility index (Phi) is 6.65. The van der Waals surface area contributed by atoms with Crippen LogP contribution < -0.4 is 5.32 Å². The minimum atomic E-state index is -0.577. The van der Waals surface area contributed by atoms with Gasteiger partial charge in [0.1, 0.15) is 5.82 Å². The van der Waals surface area contributed by atoms with E-state index in [2.05, 4.69) is 17.1 Å². The van der Waals surface area contributed by atoms with Crippen LogP contribution in [0.3, 0.4) is 0 Å². The van der Waals surface area contributed by atoms with Gasteiger partial charge in [0.15, 0.2) is 0 Å². The summed E-state index contributed by atoms with van der Waals surface area (Å²) >= 11 is 5.68. The highest BCUT2D eigenvalue weighted by Crippen LogP contribution is 2.19. The summed E-state index contributed by atoms with van der Waals surface area (Å²) in [5.74, 6) is -0.952. The number of benzene rings is 1. The number of rotatable bonds is 6. The van der Waals surface area contributed by atoms with E-state index in [1.54, 1.807) is 0 Å². The highest BCUT2D eigenvalue weighted by Gasteiger charge is 2.20. The van der Waals surface area contributed by atoms with E-state index in [1.165, 1.54) is 37.8 Å². The van der Waals surface area contributed by atoms with Gasteiger partial charge >= 0.3 is 0 Å². The minimum Gasteiger partial charge on any atom is -0.352 e. The fourth-order valence-electron chi connectivity index (χ4n) is 3.07. The number of hydrogen-bond donors (Lipinski definition) is 1. The van der Waals surface area contributed by atoms with Crippen molar-refractivity contribution in [1.82, 2.24) is 10.2 Å². The topological polar surface area (TPSA) is 32.3 Å². The van der Waals surface area contributed by atoms with Crippen molar-refractivity contribution >= 4 is 17.5 Å². The number of nitrogens with zero attached hydrogens (tertiary/aromatic N) is 1. The first kappa shape index (κ1) is 17.2. The second kappa shape index (κ2) is 8.49. The van der Waals surface area contributed by atoms with Gasteiger partial charge < -0.3 is 10.2 Å². The molecule has 0 spiro atoms. The van der Waals surface area contributed by atoms with Gasteiger partial charge in [-0.15, -0.1) is 0 Å². The van der Waals surface area contributed by atoms with Gasteiger partial charge in [0.25, 0.3) is 5.91 Å². The summed E-state index contributed by atoms with van der Waals surface area (Å²) in [6.45, 7) is 4.93. The van der Waals surface area contributed by atoms with Crippen LogP contribution in [0.5, 0.6) is 0 Å². The highest BCUT2D eigenvalue weighted by atomic mass is 35.5. The van der Waals surface area contributed by atoms with Gasteiger partial charge in [-0.3, -0.25) is 4.79 Å². The van der Waals surface area contributed by atoms with Crippen molar-refractivity contribution in [1.29, 1.82) is 0 Å². The van der Waals surface area contributed by atoms with Gasteiger partial charge in [0.2, 0.25) is 0 Å². The summed E-state index contributed by atoms with van der Waals surface area (Å²) in [5.41, 5.74) is 0.0498. The molecule has 5 heteroatoms. The van der Waals surface area contributed by atoms with Crippen LogP contribution in [0.1, 0.15) is 49.4 Å². The SMILES string of the molecule is CC[C@@H]1CCCCN1CCCNC(=O)c1ccc(Cl)cc1F. The molecule has 1 aromatic rings. The maximum absolute atomic E-state index is 13.6. The Morgan fingerprint density at radius 2 is 2.27 bits per heavy atom. The number of hydrogen-bond acceptors (Lipinski definition) is 2. The largest absolute Gasteiger partial charge is 0.352 e. The van der Waals surface area contributed by atoms with Crippen molar-refractivity contribution in [3.05, 3.63) is 34.6 Å². The third-order valence-corrected chi connectivity index (χ3v) is 4.54. The zero-order valence-corrected chi connectivity index (χ0v) is 13.8. The molecule has 1 atom stereocenters. The Hall–Kier alpha value is -1.13. The number of amides is 1. The third-order valence-electron chi connectivity index (χ3n) is 4.30. The van der Waals surface area contributed by atoms with Gasteiger partial charge in [-0.2, -0.15) is 0 Å². The summed E-state index contributed by atoms with van der Waals surface area (Å²) < 4.78 is 13.6. The Labute approximate surface area is 136 Å². The van der Waals surface area contributed by atoms with Crippen LogP contribution in [0.4, 0.5) is 4.39 Å². The Morgan fingerprint density at radius 1 is 1.45 bits per heavy atom. The van der Waals surface area contributed by atoms with E-state index in [9.17, 15) is 9.18 Å². The molecule has 1 aliphatic rings. The summed E-state index contributed by atoms with van der Waals surface area (Å²) in [5, 5.41) is 3.08. The van der Waals surface area contributed by atoms with Gasteiger partial charge in [-0.25, -0.2) is 4.39 Å². The molecule has 1 amide bonds. The highest BCUT2D eigenvalue weighted by molar-refractivity contribution is 6.30. The van der Waals surface area contributed by atoms with Gasteiger partial charge in [0.05, 0.1) is 5.56 Å². The lowest BCUT2D eigenvalue weighted by atomic mass is 10.00. The molecule has 1 aliphatic heterocycles. The normalized spacial score (nSPS) is 19.1. The number of nitrogens with one attached hydrogen (secondary N) is 1. The molecular formula is C17H24ClFN2O. The van der Waals surface area contributed by atoms with Crippen molar-refractivity contribution < 1.29 is 9.18 Å². The van der Waals surface area contributed by atoms with Gasteiger partial charge in [-0.1, -0.05) is 24.9 Å². The molecule has 0 unspecified atom stereocenters. The molecule has 0 aromatic heterocycles. The average molecular weight is 327 g/mol. The van der Waals surface area contributed by atoms with Crippen LogP contribution >= 0.6 is 11.6 Å². The lowest BCUT2D eigenvalue weighted by Crippen LogP contribution is -2.40. The molecular weight excluding hydrogens is 303 g/mol. The first-order valence-electron chi connectivity index (χ1n) is 8.09. The molecule has 1 heterocycles. The van der Waals surface area contributed by atoms with Crippen LogP contribution in [-0.2, 0) is 0 Å². The van der Waals surface area contributed by atoms with E-state index in [-0.39, 0.29) is 11.5 Å². The Bertz CT molecular complexity index is 509. The third kappa shape index (κ3) is 4.68. The zero-order chi connectivity index (χ0) is 15.9. The van der Waals surface area contributed by atoms with Crippen molar-refractivity contribution in [3.8, 4) is 0 Å². The molecule has 0 radical (unpaired) electrons. The molecule has 122 valence electrons. The predicted octanol–water partition coefficient (Wildman–Crippen LogP) is 3.86. The van der Waals surface area contributed by atoms with Gasteiger partial charge in [-0.05, 0) is 50.4 Å². The van der Waals surface area contributed by atoms with Crippen LogP contribution in [-0.4, -0.2) is 36.5 Å². The fraction of sp³-hybridized carbons (Fsp3) is 0.588. The van der Waals surface area contributed by atoms with E-state index in [0.29, 0.717) is 17.6 Å². The van der Waals surface area contributed by atoms with E-state index in [0.717, 1.165) is 25.6 Å². The lowest BCUT2D eigenvalue weighted by Gasteiger charge is -2.35. The van der Waals surface area contributed by atoms with Gasteiger partial charge in [0, 0.05) is 24.2 Å². The van der Waals surface area contributed by atoms with E-state index >= 15 is 0 Å². The minimum absolute atomic E-state index is 0.0498. The van der Waals surface area contributed by atoms with Crippen LogP contribution in [0.25, 0.3) is 0 Å². The molecule has 1 saturated heterocycles. The monoisotopic (exact) mass is 326 g/mol. The quantitative estimate of drug-likeness (QED) is 0.805. The molecule has 1 aromatic carbocycles. The number of carbonyl (C=O) groups excluding carboxylic acids is 1. The molecule has 22 heavy (non-hydrogen) atoms. The van der Waals surface area contributed by atoms with Crippen molar-refractivity contribution in [2.24, 2.45) is 0 Å². The summed E-state index contributed by atoms with van der Waals surface area (Å²) in [7, 11) is 0. The molecule has 1 N–H and O–H groups in total. The predicted molar refractivity (Wildman–Crippen MR) is 87.9 cm³/mol. The fourth-order valence-corrected chi connectivity index (χ4v) is 3.23. The number of halogens is 2. The molecule has 3 nitrogen and oxygen atoms in total. The summed E-state index contributed by atoms with van der Waals surface area (Å²) in [4.78, 5) is 14.5. The molecule has 0 aliphatic carbocycles. The number of carbonyl (C=O) groups is 1. The maximum Gasteiger partial charge on any atom is 0.254 e. The number of likely N-dealkylation sites (tertiary alicyclic amines) is 1. The first-order chi connectivity index (χ1) is 10.6. The van der Waals surface area contributed by atoms with E-state index in [4.69, 9.17) is 11.6 Å². The number of piperidine rings is 1. The zero-order valence-electron chi connectivity index (χ0n) is 13.1. The maximum atomic E-state index is 13.6. The first-order valence-corrected chi connectivity index (χ1v) is 8.47. The second-order valence-corrected chi connectivity index (χ2v) is 6.26. The molecule has 1 fully saturated rings.